The van der Waals surface area contributed by atoms with E-state index in [1.165, 1.54) is 0 Å². The van der Waals surface area contributed by atoms with Crippen LogP contribution in [0.4, 0.5) is 5.69 Å². The fraction of sp³-hybridized carbons (Fsp3) is 0.300. The minimum atomic E-state index is 0.369. The van der Waals surface area contributed by atoms with E-state index in [2.05, 4.69) is 12.2 Å². The number of benzene rings is 1. The van der Waals surface area contributed by atoms with Gasteiger partial charge in [-0.05, 0) is 24.6 Å². The number of thiocarbonyl (C=S) groups is 1. The SMILES string of the molecule is CCCNc1ccc(C(N)=S)cc1Cl. The van der Waals surface area contributed by atoms with Gasteiger partial charge in [0.2, 0.25) is 0 Å². The molecular formula is C10H13ClN2S. The summed E-state index contributed by atoms with van der Waals surface area (Å²) in [5, 5.41) is 3.87. The molecule has 76 valence electrons. The molecule has 0 bridgehead atoms. The summed E-state index contributed by atoms with van der Waals surface area (Å²) >= 11 is 10.9. The van der Waals surface area contributed by atoms with Crippen LogP contribution < -0.4 is 11.1 Å². The van der Waals surface area contributed by atoms with Crippen molar-refractivity contribution in [1.29, 1.82) is 0 Å². The van der Waals surface area contributed by atoms with Crippen molar-refractivity contribution in [3.05, 3.63) is 28.8 Å². The second kappa shape index (κ2) is 5.17. The molecule has 14 heavy (non-hydrogen) atoms. The highest BCUT2D eigenvalue weighted by atomic mass is 35.5. The van der Waals surface area contributed by atoms with Crippen molar-refractivity contribution in [2.75, 3.05) is 11.9 Å². The van der Waals surface area contributed by atoms with Crippen LogP contribution in [0.25, 0.3) is 0 Å². The van der Waals surface area contributed by atoms with Gasteiger partial charge >= 0.3 is 0 Å². The van der Waals surface area contributed by atoms with Crippen LogP contribution in [0.5, 0.6) is 0 Å². The van der Waals surface area contributed by atoms with Crippen LogP contribution in [0, 0.1) is 0 Å². The number of anilines is 1. The van der Waals surface area contributed by atoms with E-state index in [4.69, 9.17) is 29.6 Å². The second-order valence-electron chi connectivity index (χ2n) is 2.99. The summed E-state index contributed by atoms with van der Waals surface area (Å²) in [6.45, 7) is 3.01. The third-order valence-electron chi connectivity index (χ3n) is 1.82. The van der Waals surface area contributed by atoms with Gasteiger partial charge in [-0.2, -0.15) is 0 Å². The molecule has 1 rings (SSSR count). The van der Waals surface area contributed by atoms with Gasteiger partial charge in [0.1, 0.15) is 4.99 Å². The summed E-state index contributed by atoms with van der Waals surface area (Å²) in [6.07, 6.45) is 1.06. The number of nitrogens with one attached hydrogen (secondary N) is 1. The molecule has 0 radical (unpaired) electrons. The third-order valence-corrected chi connectivity index (χ3v) is 2.37. The van der Waals surface area contributed by atoms with E-state index < -0.39 is 0 Å². The maximum atomic E-state index is 6.03. The zero-order chi connectivity index (χ0) is 10.6. The first kappa shape index (κ1) is 11.3. The molecule has 0 spiro atoms. The maximum Gasteiger partial charge on any atom is 0.104 e. The maximum absolute atomic E-state index is 6.03. The Morgan fingerprint density at radius 3 is 2.79 bits per heavy atom. The van der Waals surface area contributed by atoms with Gasteiger partial charge in [0, 0.05) is 12.1 Å². The predicted octanol–water partition coefficient (Wildman–Crippen LogP) is 2.80. The van der Waals surface area contributed by atoms with E-state index in [0.29, 0.717) is 10.0 Å². The number of halogens is 1. The monoisotopic (exact) mass is 228 g/mol. The van der Waals surface area contributed by atoms with Crippen molar-refractivity contribution in [2.45, 2.75) is 13.3 Å². The van der Waals surface area contributed by atoms with Gasteiger partial charge in [-0.3, -0.25) is 0 Å². The molecule has 0 fully saturated rings. The summed E-state index contributed by atoms with van der Waals surface area (Å²) < 4.78 is 0. The normalized spacial score (nSPS) is 9.86. The topological polar surface area (TPSA) is 38.0 Å². The lowest BCUT2D eigenvalue weighted by Crippen LogP contribution is -2.09. The minimum absolute atomic E-state index is 0.369. The summed E-state index contributed by atoms with van der Waals surface area (Å²) in [5.41, 5.74) is 7.21. The van der Waals surface area contributed by atoms with Gasteiger partial charge in [-0.1, -0.05) is 30.7 Å². The number of nitrogens with two attached hydrogens (primary N) is 1. The van der Waals surface area contributed by atoms with E-state index in [1.807, 2.05) is 12.1 Å². The smallest absolute Gasteiger partial charge is 0.104 e. The van der Waals surface area contributed by atoms with Gasteiger partial charge in [0.05, 0.1) is 10.7 Å². The molecule has 0 saturated carbocycles. The first-order chi connectivity index (χ1) is 6.65. The molecule has 0 amide bonds. The molecular weight excluding hydrogens is 216 g/mol. The number of hydrogen-bond acceptors (Lipinski definition) is 2. The molecule has 1 aromatic carbocycles. The summed E-state index contributed by atoms with van der Waals surface area (Å²) in [5.74, 6) is 0. The highest BCUT2D eigenvalue weighted by Gasteiger charge is 2.02. The predicted molar refractivity (Wildman–Crippen MR) is 66.1 cm³/mol. The molecule has 0 unspecified atom stereocenters. The first-order valence-electron chi connectivity index (χ1n) is 4.48. The second-order valence-corrected chi connectivity index (χ2v) is 3.83. The van der Waals surface area contributed by atoms with E-state index in [0.717, 1.165) is 24.2 Å². The Morgan fingerprint density at radius 1 is 1.57 bits per heavy atom. The number of rotatable bonds is 4. The van der Waals surface area contributed by atoms with Crippen molar-refractivity contribution in [3.63, 3.8) is 0 Å². The fourth-order valence-electron chi connectivity index (χ4n) is 1.07. The molecule has 0 aromatic heterocycles. The van der Waals surface area contributed by atoms with Gasteiger partial charge in [0.15, 0.2) is 0 Å². The van der Waals surface area contributed by atoms with E-state index >= 15 is 0 Å². The molecule has 0 aliphatic rings. The van der Waals surface area contributed by atoms with E-state index in [-0.39, 0.29) is 0 Å². The molecule has 3 N–H and O–H groups in total. The molecule has 0 atom stereocenters. The summed E-state index contributed by atoms with van der Waals surface area (Å²) in [6, 6.07) is 5.54. The lowest BCUT2D eigenvalue weighted by Gasteiger charge is -2.08. The molecule has 0 saturated heterocycles. The van der Waals surface area contributed by atoms with Crippen LogP contribution in [0.1, 0.15) is 18.9 Å². The Balaban J connectivity index is 2.84. The first-order valence-corrected chi connectivity index (χ1v) is 5.27. The molecule has 4 heteroatoms. The van der Waals surface area contributed by atoms with E-state index in [9.17, 15) is 0 Å². The van der Waals surface area contributed by atoms with Crippen molar-refractivity contribution in [2.24, 2.45) is 5.73 Å². The van der Waals surface area contributed by atoms with E-state index in [1.54, 1.807) is 6.07 Å². The van der Waals surface area contributed by atoms with Gasteiger partial charge < -0.3 is 11.1 Å². The Labute approximate surface area is 94.4 Å². The molecule has 2 nitrogen and oxygen atoms in total. The molecule has 1 aromatic rings. The highest BCUT2D eigenvalue weighted by Crippen LogP contribution is 2.22. The Hall–Kier alpha value is -0.800. The van der Waals surface area contributed by atoms with Crippen molar-refractivity contribution < 1.29 is 0 Å². The van der Waals surface area contributed by atoms with Crippen LogP contribution in [0.2, 0.25) is 5.02 Å². The zero-order valence-electron chi connectivity index (χ0n) is 8.01. The van der Waals surface area contributed by atoms with Gasteiger partial charge in [-0.15, -0.1) is 0 Å². The van der Waals surface area contributed by atoms with Gasteiger partial charge in [0.25, 0.3) is 0 Å². The summed E-state index contributed by atoms with van der Waals surface area (Å²) in [4.78, 5) is 0.369. The van der Waals surface area contributed by atoms with Crippen molar-refractivity contribution >= 4 is 34.5 Å². The third kappa shape index (κ3) is 2.86. The van der Waals surface area contributed by atoms with Crippen LogP contribution in [0.3, 0.4) is 0 Å². The lowest BCUT2D eigenvalue weighted by atomic mass is 10.2. The molecule has 0 aliphatic carbocycles. The standard InChI is InChI=1S/C10H13ClN2S/c1-2-5-13-9-4-3-7(10(12)14)6-8(9)11/h3-4,6,13H,2,5H2,1H3,(H2,12,14). The quantitative estimate of drug-likeness (QED) is 0.779. The highest BCUT2D eigenvalue weighted by molar-refractivity contribution is 7.80. The Bertz CT molecular complexity index is 339. The van der Waals surface area contributed by atoms with Crippen molar-refractivity contribution in [1.82, 2.24) is 0 Å². The van der Waals surface area contributed by atoms with Crippen molar-refractivity contribution in [3.8, 4) is 0 Å². The largest absolute Gasteiger partial charge is 0.389 e. The Morgan fingerprint density at radius 2 is 2.29 bits per heavy atom. The zero-order valence-corrected chi connectivity index (χ0v) is 9.58. The Kier molecular flexibility index (Phi) is 4.17. The molecule has 0 aliphatic heterocycles. The van der Waals surface area contributed by atoms with Crippen LogP contribution >= 0.6 is 23.8 Å². The van der Waals surface area contributed by atoms with Gasteiger partial charge in [-0.25, -0.2) is 0 Å². The van der Waals surface area contributed by atoms with Crippen LogP contribution in [-0.4, -0.2) is 11.5 Å². The summed E-state index contributed by atoms with van der Waals surface area (Å²) in [7, 11) is 0. The molecule has 0 heterocycles. The minimum Gasteiger partial charge on any atom is -0.389 e. The average Bonchev–Trinajstić information content (AvgIpc) is 2.15. The fourth-order valence-corrected chi connectivity index (χ4v) is 1.45. The average molecular weight is 229 g/mol. The van der Waals surface area contributed by atoms with Crippen LogP contribution in [0.15, 0.2) is 18.2 Å². The van der Waals surface area contributed by atoms with Crippen LogP contribution in [-0.2, 0) is 0 Å². The number of hydrogen-bond donors (Lipinski definition) is 2. The lowest BCUT2D eigenvalue weighted by molar-refractivity contribution is 0.980.